The van der Waals surface area contributed by atoms with Crippen LogP contribution in [0.3, 0.4) is 0 Å². The number of amides is 1. The van der Waals surface area contributed by atoms with Crippen molar-refractivity contribution in [2.75, 3.05) is 19.7 Å². The molecule has 2 heterocycles. The zero-order chi connectivity index (χ0) is 14.8. The lowest BCUT2D eigenvalue weighted by Gasteiger charge is -2.28. The van der Waals surface area contributed by atoms with Gasteiger partial charge in [0.15, 0.2) is 0 Å². The summed E-state index contributed by atoms with van der Waals surface area (Å²) in [7, 11) is 0. The summed E-state index contributed by atoms with van der Waals surface area (Å²) in [5.41, 5.74) is 3.21. The van der Waals surface area contributed by atoms with E-state index in [0.29, 0.717) is 5.92 Å². The van der Waals surface area contributed by atoms with E-state index < -0.39 is 0 Å². The Labute approximate surface area is 126 Å². The molecule has 0 saturated carbocycles. The molecule has 4 heteroatoms. The summed E-state index contributed by atoms with van der Waals surface area (Å²) in [6, 6.07) is 6.62. The first-order chi connectivity index (χ1) is 10.2. The van der Waals surface area contributed by atoms with Crippen molar-refractivity contribution >= 4 is 5.91 Å². The van der Waals surface area contributed by atoms with Crippen LogP contribution >= 0.6 is 0 Å². The third-order valence-corrected chi connectivity index (χ3v) is 4.70. The first kappa shape index (κ1) is 14.5. The Morgan fingerprint density at radius 3 is 3.05 bits per heavy atom. The minimum absolute atomic E-state index is 0.0593. The van der Waals surface area contributed by atoms with E-state index >= 15 is 0 Å². The van der Waals surface area contributed by atoms with E-state index in [9.17, 15) is 4.79 Å². The van der Waals surface area contributed by atoms with Gasteiger partial charge in [0.25, 0.3) is 5.91 Å². The maximum Gasteiger partial charge on any atom is 0.251 e. The van der Waals surface area contributed by atoms with Crippen molar-refractivity contribution in [1.29, 1.82) is 0 Å². The average molecular weight is 288 g/mol. The molecule has 1 aromatic carbocycles. The third kappa shape index (κ3) is 2.83. The molecule has 4 nitrogen and oxygen atoms in total. The Hall–Kier alpha value is -1.39. The maximum absolute atomic E-state index is 12.0. The van der Waals surface area contributed by atoms with Crippen LogP contribution < -0.4 is 10.6 Å². The van der Waals surface area contributed by atoms with Crippen LogP contribution in [0, 0.1) is 5.92 Å². The molecule has 114 valence electrons. The number of nitrogens with one attached hydrogen (secondary N) is 2. The molecular formula is C17H24N2O2. The first-order valence-electron chi connectivity index (χ1n) is 7.96. The zero-order valence-electron chi connectivity index (χ0n) is 12.8. The van der Waals surface area contributed by atoms with Crippen molar-refractivity contribution in [3.8, 4) is 0 Å². The van der Waals surface area contributed by atoms with Gasteiger partial charge >= 0.3 is 0 Å². The fourth-order valence-corrected chi connectivity index (χ4v) is 3.55. The highest BCUT2D eigenvalue weighted by atomic mass is 16.5. The molecule has 1 fully saturated rings. The van der Waals surface area contributed by atoms with Gasteiger partial charge in [-0.2, -0.15) is 0 Å². The molecule has 1 amide bonds. The molecule has 0 radical (unpaired) electrons. The van der Waals surface area contributed by atoms with Crippen LogP contribution in [-0.4, -0.2) is 31.7 Å². The number of benzene rings is 1. The van der Waals surface area contributed by atoms with Gasteiger partial charge in [-0.3, -0.25) is 4.79 Å². The topological polar surface area (TPSA) is 50.4 Å². The van der Waals surface area contributed by atoms with Crippen molar-refractivity contribution in [1.82, 2.24) is 10.6 Å². The van der Waals surface area contributed by atoms with E-state index in [-0.39, 0.29) is 18.1 Å². The fourth-order valence-electron chi connectivity index (χ4n) is 3.55. The third-order valence-electron chi connectivity index (χ3n) is 4.70. The van der Waals surface area contributed by atoms with Crippen molar-refractivity contribution in [2.24, 2.45) is 5.92 Å². The summed E-state index contributed by atoms with van der Waals surface area (Å²) in [6.45, 7) is 6.76. The molecule has 0 aliphatic carbocycles. The van der Waals surface area contributed by atoms with Gasteiger partial charge in [0, 0.05) is 30.7 Å². The van der Waals surface area contributed by atoms with Crippen LogP contribution in [0.15, 0.2) is 18.2 Å². The number of rotatable bonds is 4. The second-order valence-corrected chi connectivity index (χ2v) is 5.99. The molecule has 0 aromatic heterocycles. The summed E-state index contributed by atoms with van der Waals surface area (Å²) in [5, 5.41) is 6.51. The van der Waals surface area contributed by atoms with Crippen molar-refractivity contribution in [3.63, 3.8) is 0 Å². The Balaban J connectivity index is 1.92. The minimum Gasteiger partial charge on any atom is -0.378 e. The highest BCUT2D eigenvalue weighted by Gasteiger charge is 2.33. The largest absolute Gasteiger partial charge is 0.378 e. The normalized spacial score (nSPS) is 26.3. The predicted octanol–water partition coefficient (Wildman–Crippen LogP) is 2.05. The lowest BCUT2D eigenvalue weighted by atomic mass is 9.86. The molecule has 0 bridgehead atoms. The van der Waals surface area contributed by atoms with Crippen LogP contribution in [0.4, 0.5) is 0 Å². The van der Waals surface area contributed by atoms with Crippen LogP contribution in [0.1, 0.15) is 47.8 Å². The van der Waals surface area contributed by atoms with Crippen LogP contribution in [0.25, 0.3) is 0 Å². The lowest BCUT2D eigenvalue weighted by Crippen LogP contribution is -2.34. The molecule has 2 N–H and O–H groups in total. The van der Waals surface area contributed by atoms with E-state index in [1.807, 2.05) is 0 Å². The molecule has 3 atom stereocenters. The number of carbonyl (C=O) groups is 1. The minimum atomic E-state index is 0.0593. The molecule has 0 spiro atoms. The van der Waals surface area contributed by atoms with Crippen molar-refractivity contribution < 1.29 is 9.53 Å². The second kappa shape index (κ2) is 6.16. The monoisotopic (exact) mass is 288 g/mol. The summed E-state index contributed by atoms with van der Waals surface area (Å²) < 4.78 is 5.73. The maximum atomic E-state index is 12.0. The Kier molecular flexibility index (Phi) is 4.27. The quantitative estimate of drug-likeness (QED) is 0.891. The van der Waals surface area contributed by atoms with Gasteiger partial charge in [-0.1, -0.05) is 19.1 Å². The molecule has 1 saturated heterocycles. The molecule has 21 heavy (non-hydrogen) atoms. The van der Waals surface area contributed by atoms with E-state index in [0.717, 1.165) is 43.7 Å². The molecule has 2 aliphatic rings. The van der Waals surface area contributed by atoms with Crippen molar-refractivity contribution in [3.05, 3.63) is 34.9 Å². The Morgan fingerprint density at radius 1 is 1.48 bits per heavy atom. The van der Waals surface area contributed by atoms with E-state index in [1.165, 1.54) is 5.56 Å². The number of hydrogen-bond acceptors (Lipinski definition) is 3. The summed E-state index contributed by atoms with van der Waals surface area (Å²) in [5.74, 6) is 0.527. The van der Waals surface area contributed by atoms with Gasteiger partial charge in [-0.15, -0.1) is 0 Å². The average Bonchev–Trinajstić information content (AvgIpc) is 2.91. The smallest absolute Gasteiger partial charge is 0.251 e. The molecule has 1 aromatic rings. The Morgan fingerprint density at radius 2 is 2.33 bits per heavy atom. The lowest BCUT2D eigenvalue weighted by molar-refractivity contribution is 0.0944. The number of fused-ring (bicyclic) bond motifs is 1. The van der Waals surface area contributed by atoms with Gasteiger partial charge in [0.1, 0.15) is 0 Å². The number of ether oxygens (including phenoxy) is 1. The SMILES string of the molecule is CCNC(c1ccc2c(c1)C(=O)NCC2)C1CCOC1C. The molecule has 3 unspecified atom stereocenters. The highest BCUT2D eigenvalue weighted by molar-refractivity contribution is 5.96. The standard InChI is InChI=1S/C17H24N2O2/c1-3-18-16(14-7-9-21-11(14)2)13-5-4-12-6-8-19-17(20)15(12)10-13/h4-5,10-11,14,16,18H,3,6-9H2,1-2H3,(H,19,20). The van der Waals surface area contributed by atoms with E-state index in [2.05, 4.69) is 42.7 Å². The number of carbonyl (C=O) groups excluding carboxylic acids is 1. The highest BCUT2D eigenvalue weighted by Crippen LogP contribution is 2.34. The van der Waals surface area contributed by atoms with E-state index in [4.69, 9.17) is 4.74 Å². The van der Waals surface area contributed by atoms with Gasteiger partial charge in [-0.25, -0.2) is 0 Å². The fraction of sp³-hybridized carbons (Fsp3) is 0.588. The predicted molar refractivity (Wildman–Crippen MR) is 82.4 cm³/mol. The van der Waals surface area contributed by atoms with Gasteiger partial charge in [0.2, 0.25) is 0 Å². The summed E-state index contributed by atoms with van der Waals surface area (Å²) >= 11 is 0. The molecule has 2 aliphatic heterocycles. The summed E-state index contributed by atoms with van der Waals surface area (Å²) in [4.78, 5) is 12.0. The van der Waals surface area contributed by atoms with Crippen LogP contribution in [0.2, 0.25) is 0 Å². The first-order valence-corrected chi connectivity index (χ1v) is 7.96. The van der Waals surface area contributed by atoms with Gasteiger partial charge in [-0.05, 0) is 43.5 Å². The van der Waals surface area contributed by atoms with Gasteiger partial charge in [0.05, 0.1) is 6.10 Å². The van der Waals surface area contributed by atoms with Crippen LogP contribution in [-0.2, 0) is 11.2 Å². The summed E-state index contributed by atoms with van der Waals surface area (Å²) in [6.07, 6.45) is 2.26. The molecule has 3 rings (SSSR count). The Bertz CT molecular complexity index is 530. The van der Waals surface area contributed by atoms with Crippen molar-refractivity contribution in [2.45, 2.75) is 38.8 Å². The zero-order valence-corrected chi connectivity index (χ0v) is 12.8. The van der Waals surface area contributed by atoms with Gasteiger partial charge < -0.3 is 15.4 Å². The molecular weight excluding hydrogens is 264 g/mol. The second-order valence-electron chi connectivity index (χ2n) is 5.99. The van der Waals surface area contributed by atoms with Crippen LogP contribution in [0.5, 0.6) is 0 Å². The number of hydrogen-bond donors (Lipinski definition) is 2. The van der Waals surface area contributed by atoms with E-state index in [1.54, 1.807) is 0 Å².